The van der Waals surface area contributed by atoms with Crippen molar-refractivity contribution in [1.29, 1.82) is 0 Å². The minimum Gasteiger partial charge on any atom is -0.468 e. The average Bonchev–Trinajstić information content (AvgIpc) is 2.67. The number of hydrogen-bond donors (Lipinski definition) is 0. The van der Waals surface area contributed by atoms with Crippen LogP contribution in [0.3, 0.4) is 0 Å². The van der Waals surface area contributed by atoms with Gasteiger partial charge in [0.05, 0.1) is 12.6 Å². The Labute approximate surface area is 92.7 Å². The summed E-state index contributed by atoms with van der Waals surface area (Å²) in [5.41, 5.74) is 2.76. The zero-order valence-electron chi connectivity index (χ0n) is 9.15. The molecule has 2 heterocycles. The van der Waals surface area contributed by atoms with Crippen LogP contribution in [0.4, 0.5) is 0 Å². The second-order valence-corrected chi connectivity index (χ2v) is 3.85. The zero-order valence-corrected chi connectivity index (χ0v) is 9.15. The SMILES string of the molecule is COc1cc2cc3ccc(C)cc3nc2o1. The first-order valence-corrected chi connectivity index (χ1v) is 5.11. The van der Waals surface area contributed by atoms with Crippen LogP contribution in [0.1, 0.15) is 5.56 Å². The van der Waals surface area contributed by atoms with E-state index < -0.39 is 0 Å². The van der Waals surface area contributed by atoms with Gasteiger partial charge in [-0.3, -0.25) is 0 Å². The maximum absolute atomic E-state index is 5.43. The summed E-state index contributed by atoms with van der Waals surface area (Å²) in [6.45, 7) is 2.05. The highest BCUT2D eigenvalue weighted by Gasteiger charge is 2.06. The Balaban J connectivity index is 2.37. The van der Waals surface area contributed by atoms with E-state index >= 15 is 0 Å². The second-order valence-electron chi connectivity index (χ2n) is 3.85. The van der Waals surface area contributed by atoms with Crippen molar-refractivity contribution in [3.8, 4) is 5.95 Å². The molecule has 3 aromatic rings. The topological polar surface area (TPSA) is 35.3 Å². The second kappa shape index (κ2) is 3.23. The van der Waals surface area contributed by atoms with Crippen molar-refractivity contribution in [1.82, 2.24) is 4.98 Å². The first kappa shape index (κ1) is 9.21. The molecule has 2 aromatic heterocycles. The largest absolute Gasteiger partial charge is 0.468 e. The van der Waals surface area contributed by atoms with Gasteiger partial charge >= 0.3 is 0 Å². The molecule has 0 amide bonds. The summed E-state index contributed by atoms with van der Waals surface area (Å²) in [6.07, 6.45) is 0. The molecule has 0 saturated heterocycles. The molecule has 0 aliphatic rings. The Hall–Kier alpha value is -2.03. The van der Waals surface area contributed by atoms with Gasteiger partial charge in [-0.15, -0.1) is 0 Å². The van der Waals surface area contributed by atoms with E-state index in [0.29, 0.717) is 11.7 Å². The molecule has 1 aromatic carbocycles. The number of nitrogens with zero attached hydrogens (tertiary/aromatic N) is 1. The van der Waals surface area contributed by atoms with Gasteiger partial charge in [-0.25, -0.2) is 4.98 Å². The number of aromatic nitrogens is 1. The number of benzene rings is 1. The highest BCUT2D eigenvalue weighted by molar-refractivity contribution is 5.91. The van der Waals surface area contributed by atoms with Crippen LogP contribution in [0.5, 0.6) is 5.95 Å². The number of fused-ring (bicyclic) bond motifs is 2. The number of aryl methyl sites for hydroxylation is 1. The van der Waals surface area contributed by atoms with E-state index in [-0.39, 0.29) is 0 Å². The van der Waals surface area contributed by atoms with Gasteiger partial charge in [0, 0.05) is 16.8 Å². The molecule has 16 heavy (non-hydrogen) atoms. The molecule has 0 saturated carbocycles. The lowest BCUT2D eigenvalue weighted by molar-refractivity contribution is 0.314. The predicted octanol–water partition coefficient (Wildman–Crippen LogP) is 3.30. The normalized spacial score (nSPS) is 11.1. The monoisotopic (exact) mass is 213 g/mol. The molecule has 0 fully saturated rings. The lowest BCUT2D eigenvalue weighted by Gasteiger charge is -1.97. The van der Waals surface area contributed by atoms with E-state index in [2.05, 4.69) is 23.2 Å². The van der Waals surface area contributed by atoms with Crippen molar-refractivity contribution >= 4 is 22.0 Å². The molecule has 0 spiro atoms. The van der Waals surface area contributed by atoms with E-state index in [1.54, 1.807) is 7.11 Å². The fourth-order valence-corrected chi connectivity index (χ4v) is 1.81. The molecule has 0 radical (unpaired) electrons. The van der Waals surface area contributed by atoms with E-state index in [9.17, 15) is 0 Å². The van der Waals surface area contributed by atoms with E-state index in [4.69, 9.17) is 9.15 Å². The summed E-state index contributed by atoms with van der Waals surface area (Å²) in [7, 11) is 1.58. The molecule has 0 N–H and O–H groups in total. The minimum absolute atomic E-state index is 0.495. The van der Waals surface area contributed by atoms with Gasteiger partial charge < -0.3 is 9.15 Å². The quantitative estimate of drug-likeness (QED) is 0.622. The Morgan fingerprint density at radius 2 is 2.00 bits per heavy atom. The summed E-state index contributed by atoms with van der Waals surface area (Å²) < 4.78 is 10.5. The van der Waals surface area contributed by atoms with Crippen LogP contribution < -0.4 is 4.74 Å². The van der Waals surface area contributed by atoms with Crippen molar-refractivity contribution in [2.45, 2.75) is 6.92 Å². The lowest BCUT2D eigenvalue weighted by atomic mass is 10.1. The third-order valence-electron chi connectivity index (χ3n) is 2.64. The number of methoxy groups -OCH3 is 1. The van der Waals surface area contributed by atoms with Crippen LogP contribution >= 0.6 is 0 Å². The minimum atomic E-state index is 0.495. The number of rotatable bonds is 1. The maximum Gasteiger partial charge on any atom is 0.286 e. The van der Waals surface area contributed by atoms with E-state index in [0.717, 1.165) is 16.3 Å². The number of furan rings is 1. The molecule has 0 bridgehead atoms. The molecule has 0 atom stereocenters. The van der Waals surface area contributed by atoms with Crippen molar-refractivity contribution in [2.24, 2.45) is 0 Å². The fourth-order valence-electron chi connectivity index (χ4n) is 1.81. The molecule has 80 valence electrons. The smallest absolute Gasteiger partial charge is 0.286 e. The van der Waals surface area contributed by atoms with Gasteiger partial charge in [0.25, 0.3) is 5.95 Å². The van der Waals surface area contributed by atoms with Crippen molar-refractivity contribution in [3.05, 3.63) is 35.9 Å². The predicted molar refractivity (Wildman–Crippen MR) is 62.8 cm³/mol. The Morgan fingerprint density at radius 3 is 2.81 bits per heavy atom. The van der Waals surface area contributed by atoms with Crippen molar-refractivity contribution in [2.75, 3.05) is 7.11 Å². The van der Waals surface area contributed by atoms with Gasteiger partial charge in [0.1, 0.15) is 0 Å². The van der Waals surface area contributed by atoms with Gasteiger partial charge in [-0.05, 0) is 24.6 Å². The van der Waals surface area contributed by atoms with Crippen LogP contribution in [0, 0.1) is 6.92 Å². The van der Waals surface area contributed by atoms with Gasteiger partial charge in [0.2, 0.25) is 5.71 Å². The first-order valence-electron chi connectivity index (χ1n) is 5.11. The molecule has 3 heteroatoms. The molecule has 3 nitrogen and oxygen atoms in total. The van der Waals surface area contributed by atoms with Crippen molar-refractivity contribution < 1.29 is 9.15 Å². The van der Waals surface area contributed by atoms with Crippen molar-refractivity contribution in [3.63, 3.8) is 0 Å². The zero-order chi connectivity index (χ0) is 11.1. The third kappa shape index (κ3) is 1.33. The van der Waals surface area contributed by atoms with Crippen LogP contribution in [0.15, 0.2) is 34.7 Å². The molecule has 0 aliphatic carbocycles. The van der Waals surface area contributed by atoms with Crippen LogP contribution in [-0.4, -0.2) is 12.1 Å². The Morgan fingerprint density at radius 1 is 1.12 bits per heavy atom. The highest BCUT2D eigenvalue weighted by Crippen LogP contribution is 2.26. The first-order chi connectivity index (χ1) is 7.76. The molecular weight excluding hydrogens is 202 g/mol. The molecule has 0 unspecified atom stereocenters. The van der Waals surface area contributed by atoms with Gasteiger partial charge in [-0.1, -0.05) is 12.1 Å². The van der Waals surface area contributed by atoms with Gasteiger partial charge in [-0.2, -0.15) is 0 Å². The number of pyridine rings is 1. The highest BCUT2D eigenvalue weighted by atomic mass is 16.6. The summed E-state index contributed by atoms with van der Waals surface area (Å²) in [5, 5.41) is 2.08. The maximum atomic E-state index is 5.43. The van der Waals surface area contributed by atoms with E-state index in [1.165, 1.54) is 5.56 Å². The summed E-state index contributed by atoms with van der Waals surface area (Å²) in [6, 6.07) is 10.1. The molecule has 0 aliphatic heterocycles. The van der Waals surface area contributed by atoms with Crippen LogP contribution in [-0.2, 0) is 0 Å². The number of ether oxygens (including phenoxy) is 1. The van der Waals surface area contributed by atoms with E-state index in [1.807, 2.05) is 19.1 Å². The summed E-state index contributed by atoms with van der Waals surface area (Å²) in [5.74, 6) is 0.495. The molecular formula is C13H11NO2. The Bertz CT molecular complexity index is 670. The van der Waals surface area contributed by atoms with Crippen LogP contribution in [0.25, 0.3) is 22.0 Å². The summed E-state index contributed by atoms with van der Waals surface area (Å²) >= 11 is 0. The Kier molecular flexibility index (Phi) is 1.86. The third-order valence-corrected chi connectivity index (χ3v) is 2.64. The fraction of sp³-hybridized carbons (Fsp3) is 0.154. The lowest BCUT2D eigenvalue weighted by Crippen LogP contribution is -1.80. The summed E-state index contributed by atoms with van der Waals surface area (Å²) in [4.78, 5) is 4.46. The average molecular weight is 213 g/mol. The van der Waals surface area contributed by atoms with Crippen LogP contribution in [0.2, 0.25) is 0 Å². The van der Waals surface area contributed by atoms with Gasteiger partial charge in [0.15, 0.2) is 0 Å². The standard InChI is InChI=1S/C13H11NO2/c1-8-3-4-9-6-10-7-12(15-2)16-13(10)14-11(9)5-8/h3-7H,1-2H3. The number of hydrogen-bond acceptors (Lipinski definition) is 3. The molecule has 3 rings (SSSR count).